The van der Waals surface area contributed by atoms with Gasteiger partial charge in [-0.3, -0.25) is 9.59 Å². The van der Waals surface area contributed by atoms with E-state index in [1.807, 2.05) is 0 Å². The summed E-state index contributed by atoms with van der Waals surface area (Å²) in [6.07, 6.45) is 4.44. The van der Waals surface area contributed by atoms with Crippen LogP contribution in [0.3, 0.4) is 0 Å². The normalized spacial score (nSPS) is 10.6. The summed E-state index contributed by atoms with van der Waals surface area (Å²) in [6, 6.07) is 15.2. The van der Waals surface area contributed by atoms with Gasteiger partial charge in [0.1, 0.15) is 17.3 Å². The Morgan fingerprint density at radius 2 is 1.83 bits per heavy atom. The molecule has 0 atom stereocenters. The average Bonchev–Trinajstić information content (AvgIpc) is 3.26. The molecule has 0 unspecified atom stereocenters. The second-order valence-electron chi connectivity index (χ2n) is 5.94. The first-order valence-electron chi connectivity index (χ1n) is 8.75. The molecule has 0 aliphatic carbocycles. The van der Waals surface area contributed by atoms with Crippen molar-refractivity contribution in [1.29, 1.82) is 0 Å². The number of carbonyl (C=O) groups excluding carboxylic acids is 2. The zero-order valence-electron chi connectivity index (χ0n) is 16.0. The highest BCUT2D eigenvalue weighted by atomic mass is 16.5. The van der Waals surface area contributed by atoms with Crippen molar-refractivity contribution in [2.24, 2.45) is 0 Å². The molecular formula is C22H20N2O5. The van der Waals surface area contributed by atoms with E-state index >= 15 is 0 Å². The maximum absolute atomic E-state index is 12.6. The molecular weight excluding hydrogens is 372 g/mol. The van der Waals surface area contributed by atoms with E-state index in [2.05, 4.69) is 10.6 Å². The van der Waals surface area contributed by atoms with E-state index in [0.717, 1.165) is 0 Å². The number of furan rings is 1. The van der Waals surface area contributed by atoms with Gasteiger partial charge in [0, 0.05) is 23.4 Å². The van der Waals surface area contributed by atoms with Gasteiger partial charge in [-0.2, -0.15) is 0 Å². The van der Waals surface area contributed by atoms with Crippen LogP contribution in [0.1, 0.15) is 16.1 Å². The van der Waals surface area contributed by atoms with Crippen molar-refractivity contribution in [2.75, 3.05) is 24.9 Å². The van der Waals surface area contributed by atoms with Crippen LogP contribution in [0.5, 0.6) is 11.5 Å². The van der Waals surface area contributed by atoms with Crippen LogP contribution < -0.4 is 20.1 Å². The lowest BCUT2D eigenvalue weighted by atomic mass is 10.1. The predicted octanol–water partition coefficient (Wildman–Crippen LogP) is 4.20. The van der Waals surface area contributed by atoms with Crippen molar-refractivity contribution in [3.63, 3.8) is 0 Å². The minimum atomic E-state index is -0.337. The van der Waals surface area contributed by atoms with Crippen LogP contribution in [-0.4, -0.2) is 26.0 Å². The first-order valence-corrected chi connectivity index (χ1v) is 8.75. The molecule has 2 aromatic carbocycles. The van der Waals surface area contributed by atoms with Crippen LogP contribution in [0.4, 0.5) is 11.4 Å². The zero-order chi connectivity index (χ0) is 20.6. The largest absolute Gasteiger partial charge is 0.497 e. The van der Waals surface area contributed by atoms with Crippen molar-refractivity contribution < 1.29 is 23.5 Å². The summed E-state index contributed by atoms with van der Waals surface area (Å²) in [5, 5.41) is 5.51. The number of hydrogen-bond acceptors (Lipinski definition) is 5. The Balaban J connectivity index is 1.68. The number of carbonyl (C=O) groups is 2. The van der Waals surface area contributed by atoms with Crippen LogP contribution in [0.2, 0.25) is 0 Å². The molecule has 1 aromatic heterocycles. The maximum atomic E-state index is 12.6. The Kier molecular flexibility index (Phi) is 6.32. The Morgan fingerprint density at radius 1 is 0.966 bits per heavy atom. The summed E-state index contributed by atoms with van der Waals surface area (Å²) in [5.74, 6) is 0.991. The molecule has 0 fully saturated rings. The number of methoxy groups -OCH3 is 2. The van der Waals surface area contributed by atoms with Crippen LogP contribution in [0, 0.1) is 0 Å². The molecule has 7 heteroatoms. The van der Waals surface area contributed by atoms with Gasteiger partial charge in [-0.25, -0.2) is 0 Å². The minimum Gasteiger partial charge on any atom is -0.497 e. The Bertz CT molecular complexity index is 1030. The number of anilines is 2. The smallest absolute Gasteiger partial charge is 0.255 e. The van der Waals surface area contributed by atoms with Gasteiger partial charge < -0.3 is 24.5 Å². The van der Waals surface area contributed by atoms with Gasteiger partial charge in [0.2, 0.25) is 5.91 Å². The fourth-order valence-electron chi connectivity index (χ4n) is 2.56. The van der Waals surface area contributed by atoms with Crippen molar-refractivity contribution in [3.05, 3.63) is 78.3 Å². The average molecular weight is 392 g/mol. The van der Waals surface area contributed by atoms with E-state index in [1.165, 1.54) is 19.4 Å². The summed E-state index contributed by atoms with van der Waals surface area (Å²) in [6.45, 7) is 0. The Hall–Kier alpha value is -4.00. The summed E-state index contributed by atoms with van der Waals surface area (Å²) in [7, 11) is 3.06. The fourth-order valence-corrected chi connectivity index (χ4v) is 2.56. The molecule has 2 N–H and O–H groups in total. The molecule has 0 bridgehead atoms. The quantitative estimate of drug-likeness (QED) is 0.588. The highest BCUT2D eigenvalue weighted by Gasteiger charge is 2.12. The number of ether oxygens (including phenoxy) is 2. The first kappa shape index (κ1) is 19.8. The van der Waals surface area contributed by atoms with Crippen molar-refractivity contribution in [3.8, 4) is 11.5 Å². The van der Waals surface area contributed by atoms with E-state index in [9.17, 15) is 9.59 Å². The van der Waals surface area contributed by atoms with Gasteiger partial charge in [0.15, 0.2) is 0 Å². The molecule has 0 saturated carbocycles. The highest BCUT2D eigenvalue weighted by Crippen LogP contribution is 2.29. The summed E-state index contributed by atoms with van der Waals surface area (Å²) < 4.78 is 15.6. The second-order valence-corrected chi connectivity index (χ2v) is 5.94. The molecule has 2 amide bonds. The van der Waals surface area contributed by atoms with Crippen LogP contribution in [-0.2, 0) is 4.79 Å². The van der Waals surface area contributed by atoms with E-state index < -0.39 is 0 Å². The van der Waals surface area contributed by atoms with E-state index in [4.69, 9.17) is 13.9 Å². The topological polar surface area (TPSA) is 89.8 Å². The summed E-state index contributed by atoms with van der Waals surface area (Å²) in [5.41, 5.74) is 1.39. The van der Waals surface area contributed by atoms with Crippen molar-refractivity contribution in [2.45, 2.75) is 0 Å². The van der Waals surface area contributed by atoms with E-state index in [0.29, 0.717) is 34.2 Å². The van der Waals surface area contributed by atoms with Crippen molar-refractivity contribution >= 4 is 29.3 Å². The lowest BCUT2D eigenvalue weighted by molar-refractivity contribution is -0.111. The number of hydrogen-bond donors (Lipinski definition) is 2. The summed E-state index contributed by atoms with van der Waals surface area (Å²) in [4.78, 5) is 24.7. The third-order valence-electron chi connectivity index (χ3n) is 3.99. The Labute approximate surface area is 167 Å². The van der Waals surface area contributed by atoms with Gasteiger partial charge >= 0.3 is 0 Å². The monoisotopic (exact) mass is 392 g/mol. The number of benzene rings is 2. The molecule has 0 aliphatic heterocycles. The molecule has 0 saturated heterocycles. The van der Waals surface area contributed by atoms with E-state index in [1.54, 1.807) is 67.8 Å². The molecule has 0 aliphatic rings. The third kappa shape index (κ3) is 5.26. The lowest BCUT2D eigenvalue weighted by Crippen LogP contribution is -2.14. The predicted molar refractivity (Wildman–Crippen MR) is 110 cm³/mol. The van der Waals surface area contributed by atoms with Gasteiger partial charge in [-0.15, -0.1) is 0 Å². The molecule has 1 heterocycles. The molecule has 0 spiro atoms. The summed E-state index contributed by atoms with van der Waals surface area (Å²) >= 11 is 0. The lowest BCUT2D eigenvalue weighted by Gasteiger charge is -2.12. The molecule has 3 aromatic rings. The SMILES string of the molecule is COc1ccc(NC(=O)c2cccc(NC(=O)/C=C/c3ccco3)c2)c(OC)c1. The zero-order valence-corrected chi connectivity index (χ0v) is 16.0. The standard InChI is InChI=1S/C22H20N2O5/c1-27-18-8-10-19(20(14-18)28-2)24-22(26)15-5-3-6-16(13-15)23-21(25)11-9-17-7-4-12-29-17/h3-14H,1-2H3,(H,23,25)(H,24,26)/b11-9+. The van der Waals surface area contributed by atoms with E-state index in [-0.39, 0.29) is 11.8 Å². The van der Waals surface area contributed by atoms with Gasteiger partial charge in [0.05, 0.1) is 26.2 Å². The molecule has 7 nitrogen and oxygen atoms in total. The van der Waals surface area contributed by atoms with Crippen LogP contribution in [0.15, 0.2) is 71.4 Å². The molecule has 148 valence electrons. The second kappa shape index (κ2) is 9.27. The maximum Gasteiger partial charge on any atom is 0.255 e. The molecule has 0 radical (unpaired) electrons. The number of rotatable bonds is 7. The Morgan fingerprint density at radius 3 is 2.55 bits per heavy atom. The first-order chi connectivity index (χ1) is 14.1. The highest BCUT2D eigenvalue weighted by molar-refractivity contribution is 6.07. The molecule has 3 rings (SSSR count). The van der Waals surface area contributed by atoms with Crippen LogP contribution >= 0.6 is 0 Å². The van der Waals surface area contributed by atoms with Crippen LogP contribution in [0.25, 0.3) is 6.08 Å². The molecule has 29 heavy (non-hydrogen) atoms. The third-order valence-corrected chi connectivity index (χ3v) is 3.99. The number of nitrogens with one attached hydrogen (secondary N) is 2. The van der Waals surface area contributed by atoms with Gasteiger partial charge in [-0.05, 0) is 48.5 Å². The fraction of sp³-hybridized carbons (Fsp3) is 0.0909. The van der Waals surface area contributed by atoms with Crippen molar-refractivity contribution in [1.82, 2.24) is 0 Å². The number of amides is 2. The van der Waals surface area contributed by atoms with Gasteiger partial charge in [0.25, 0.3) is 5.91 Å². The minimum absolute atomic E-state index is 0.337. The van der Waals surface area contributed by atoms with Gasteiger partial charge in [-0.1, -0.05) is 6.07 Å².